The molecule has 0 amide bonds. The molecule has 7 nitrogen and oxygen atoms in total. The molecule has 3 heterocycles. The Kier molecular flexibility index (Phi) is 2.29. The maximum Gasteiger partial charge on any atom is 0.356 e. The van der Waals surface area contributed by atoms with Gasteiger partial charge in [0.05, 0.1) is 0 Å². The molecule has 0 spiro atoms. The van der Waals surface area contributed by atoms with Gasteiger partial charge in [0.25, 0.3) is 0 Å². The normalized spacial score (nSPS) is 10.5. The molecular formula is C12H7N5O2. The molecule has 0 saturated heterocycles. The first-order chi connectivity index (χ1) is 9.17. The number of fused-ring (bicyclic) bond motifs is 1. The van der Waals surface area contributed by atoms with Crippen LogP contribution in [0, 0.1) is 11.3 Å². The second-order valence-corrected chi connectivity index (χ2v) is 3.88. The Hall–Kier alpha value is -3.14. The molecule has 0 fully saturated rings. The third-order valence-corrected chi connectivity index (χ3v) is 2.65. The Labute approximate surface area is 106 Å². The van der Waals surface area contributed by atoms with Crippen LogP contribution in [0.4, 0.5) is 0 Å². The van der Waals surface area contributed by atoms with E-state index in [4.69, 9.17) is 10.4 Å². The SMILES string of the molecule is N#Cc1ccc(-c2cnc3cc(C(=O)O)nn3c2)[nH]1. The van der Waals surface area contributed by atoms with Crippen molar-refractivity contribution in [2.75, 3.05) is 0 Å². The summed E-state index contributed by atoms with van der Waals surface area (Å²) in [6, 6.07) is 6.80. The predicted molar refractivity (Wildman–Crippen MR) is 64.4 cm³/mol. The first kappa shape index (κ1) is 11.0. The van der Waals surface area contributed by atoms with Crippen molar-refractivity contribution < 1.29 is 9.90 Å². The number of rotatable bonds is 2. The molecule has 0 saturated carbocycles. The highest BCUT2D eigenvalue weighted by Gasteiger charge is 2.10. The summed E-state index contributed by atoms with van der Waals surface area (Å²) in [7, 11) is 0. The largest absolute Gasteiger partial charge is 0.476 e. The quantitative estimate of drug-likeness (QED) is 0.715. The minimum atomic E-state index is -1.10. The maximum absolute atomic E-state index is 10.8. The van der Waals surface area contributed by atoms with Crippen LogP contribution >= 0.6 is 0 Å². The van der Waals surface area contributed by atoms with Gasteiger partial charge in [0, 0.05) is 29.7 Å². The molecule has 0 aliphatic carbocycles. The molecule has 0 bridgehead atoms. The summed E-state index contributed by atoms with van der Waals surface area (Å²) < 4.78 is 1.39. The van der Waals surface area contributed by atoms with Crippen molar-refractivity contribution in [3.63, 3.8) is 0 Å². The van der Waals surface area contributed by atoms with Gasteiger partial charge in [0.1, 0.15) is 11.8 Å². The van der Waals surface area contributed by atoms with Gasteiger partial charge in [0.2, 0.25) is 0 Å². The average Bonchev–Trinajstić information content (AvgIpc) is 3.04. The zero-order chi connectivity index (χ0) is 13.4. The zero-order valence-corrected chi connectivity index (χ0v) is 9.53. The maximum atomic E-state index is 10.8. The molecule has 7 heteroatoms. The minimum Gasteiger partial charge on any atom is -0.476 e. The van der Waals surface area contributed by atoms with Gasteiger partial charge in [-0.3, -0.25) is 0 Å². The molecule has 3 aromatic heterocycles. The lowest BCUT2D eigenvalue weighted by Crippen LogP contribution is -1.97. The van der Waals surface area contributed by atoms with E-state index >= 15 is 0 Å². The number of nitrogens with one attached hydrogen (secondary N) is 1. The number of hydrogen-bond acceptors (Lipinski definition) is 4. The molecule has 0 aromatic carbocycles. The number of nitrogens with zero attached hydrogens (tertiary/aromatic N) is 4. The monoisotopic (exact) mass is 253 g/mol. The number of carboxylic acids is 1. The van der Waals surface area contributed by atoms with E-state index in [1.54, 1.807) is 24.5 Å². The fourth-order valence-corrected chi connectivity index (χ4v) is 1.75. The molecule has 0 atom stereocenters. The molecule has 3 rings (SSSR count). The number of carboxylic acid groups (broad SMARTS) is 1. The number of aromatic carboxylic acids is 1. The van der Waals surface area contributed by atoms with E-state index < -0.39 is 5.97 Å². The van der Waals surface area contributed by atoms with Crippen molar-refractivity contribution in [3.8, 4) is 17.3 Å². The first-order valence-corrected chi connectivity index (χ1v) is 5.35. The molecule has 0 aliphatic heterocycles. The molecule has 92 valence electrons. The Bertz CT molecular complexity index is 824. The van der Waals surface area contributed by atoms with Gasteiger partial charge in [-0.1, -0.05) is 0 Å². The summed E-state index contributed by atoms with van der Waals surface area (Å²) in [5, 5.41) is 21.5. The fourth-order valence-electron chi connectivity index (χ4n) is 1.75. The van der Waals surface area contributed by atoms with E-state index in [1.165, 1.54) is 10.6 Å². The lowest BCUT2D eigenvalue weighted by Gasteiger charge is -1.98. The lowest BCUT2D eigenvalue weighted by atomic mass is 10.2. The van der Waals surface area contributed by atoms with Crippen LogP contribution in [0.3, 0.4) is 0 Å². The minimum absolute atomic E-state index is 0.0613. The second kappa shape index (κ2) is 3.96. The van der Waals surface area contributed by atoms with Gasteiger partial charge in [-0.15, -0.1) is 0 Å². The van der Waals surface area contributed by atoms with Crippen LogP contribution in [0.1, 0.15) is 16.2 Å². The summed E-state index contributed by atoms with van der Waals surface area (Å²) in [5.74, 6) is -1.10. The van der Waals surface area contributed by atoms with Crippen LogP contribution in [0.25, 0.3) is 16.9 Å². The van der Waals surface area contributed by atoms with Crippen LogP contribution < -0.4 is 0 Å². The molecule has 0 radical (unpaired) electrons. The second-order valence-electron chi connectivity index (χ2n) is 3.88. The van der Waals surface area contributed by atoms with Crippen LogP contribution in [0.2, 0.25) is 0 Å². The molecular weight excluding hydrogens is 246 g/mol. The fraction of sp³-hybridized carbons (Fsp3) is 0. The smallest absolute Gasteiger partial charge is 0.356 e. The summed E-state index contributed by atoms with van der Waals surface area (Å²) in [6.07, 6.45) is 3.25. The van der Waals surface area contributed by atoms with Crippen molar-refractivity contribution in [2.24, 2.45) is 0 Å². The van der Waals surface area contributed by atoms with Gasteiger partial charge in [-0.25, -0.2) is 14.3 Å². The molecule has 2 N–H and O–H groups in total. The predicted octanol–water partition coefficient (Wildman–Crippen LogP) is 1.29. The summed E-state index contributed by atoms with van der Waals surface area (Å²) in [5.41, 5.74) is 2.27. The number of aromatic amines is 1. The van der Waals surface area contributed by atoms with E-state index in [-0.39, 0.29) is 5.69 Å². The molecule has 0 aliphatic rings. The topological polar surface area (TPSA) is 107 Å². The Balaban J connectivity index is 2.10. The summed E-state index contributed by atoms with van der Waals surface area (Å²) >= 11 is 0. The number of aromatic nitrogens is 4. The number of hydrogen-bond donors (Lipinski definition) is 2. The van der Waals surface area contributed by atoms with E-state index in [0.717, 1.165) is 5.69 Å². The van der Waals surface area contributed by atoms with Crippen molar-refractivity contribution in [1.82, 2.24) is 19.6 Å². The van der Waals surface area contributed by atoms with Gasteiger partial charge in [-0.2, -0.15) is 10.4 Å². The van der Waals surface area contributed by atoms with Gasteiger partial charge in [0.15, 0.2) is 11.3 Å². The summed E-state index contributed by atoms with van der Waals surface area (Å²) in [6.45, 7) is 0. The highest BCUT2D eigenvalue weighted by Crippen LogP contribution is 2.18. The van der Waals surface area contributed by atoms with Crippen molar-refractivity contribution in [1.29, 1.82) is 5.26 Å². The highest BCUT2D eigenvalue weighted by atomic mass is 16.4. The van der Waals surface area contributed by atoms with Crippen LogP contribution in [-0.4, -0.2) is 30.7 Å². The first-order valence-electron chi connectivity index (χ1n) is 5.35. The van der Waals surface area contributed by atoms with Crippen LogP contribution in [0.5, 0.6) is 0 Å². The molecule has 0 unspecified atom stereocenters. The Morgan fingerprint density at radius 1 is 1.47 bits per heavy atom. The number of nitriles is 1. The Morgan fingerprint density at radius 3 is 3.00 bits per heavy atom. The Morgan fingerprint density at radius 2 is 2.32 bits per heavy atom. The third-order valence-electron chi connectivity index (χ3n) is 2.65. The molecule has 19 heavy (non-hydrogen) atoms. The molecule has 3 aromatic rings. The van der Waals surface area contributed by atoms with Gasteiger partial charge in [-0.05, 0) is 12.1 Å². The van der Waals surface area contributed by atoms with Gasteiger partial charge >= 0.3 is 5.97 Å². The van der Waals surface area contributed by atoms with Gasteiger partial charge < -0.3 is 10.1 Å². The van der Waals surface area contributed by atoms with E-state index in [2.05, 4.69) is 15.1 Å². The van der Waals surface area contributed by atoms with E-state index in [9.17, 15) is 4.79 Å². The summed E-state index contributed by atoms with van der Waals surface area (Å²) in [4.78, 5) is 17.9. The zero-order valence-electron chi connectivity index (χ0n) is 9.53. The third kappa shape index (κ3) is 1.81. The number of carbonyl (C=O) groups is 1. The van der Waals surface area contributed by atoms with Crippen molar-refractivity contribution in [3.05, 3.63) is 42.0 Å². The van der Waals surface area contributed by atoms with E-state index in [1.807, 2.05) is 6.07 Å². The average molecular weight is 253 g/mol. The lowest BCUT2D eigenvalue weighted by molar-refractivity contribution is 0.0690. The van der Waals surface area contributed by atoms with Crippen LogP contribution in [-0.2, 0) is 0 Å². The highest BCUT2D eigenvalue weighted by molar-refractivity contribution is 5.86. The van der Waals surface area contributed by atoms with Crippen molar-refractivity contribution in [2.45, 2.75) is 0 Å². The van der Waals surface area contributed by atoms with Crippen LogP contribution in [0.15, 0.2) is 30.6 Å². The van der Waals surface area contributed by atoms with E-state index in [0.29, 0.717) is 16.9 Å². The van der Waals surface area contributed by atoms with Crippen molar-refractivity contribution >= 4 is 11.6 Å². The number of H-pyrrole nitrogens is 1. The standard InChI is InChI=1S/C12H7N5O2/c13-4-8-1-2-9(15-8)7-5-14-11-3-10(12(18)19)16-17(11)6-7/h1-3,5-6,15H,(H,18,19).